The minimum atomic E-state index is -0.645. The van der Waals surface area contributed by atoms with Crippen LogP contribution in [0.1, 0.15) is 16.7 Å². The van der Waals surface area contributed by atoms with E-state index in [2.05, 4.69) is 13.0 Å². The van der Waals surface area contributed by atoms with E-state index < -0.39 is 4.87 Å². The van der Waals surface area contributed by atoms with Crippen molar-refractivity contribution in [3.8, 4) is 0 Å². The van der Waals surface area contributed by atoms with Crippen LogP contribution < -0.4 is 0 Å². The third-order valence-electron chi connectivity index (χ3n) is 2.99. The Labute approximate surface area is 112 Å². The second-order valence-corrected chi connectivity index (χ2v) is 5.03. The van der Waals surface area contributed by atoms with Gasteiger partial charge in [-0.3, -0.25) is 0 Å². The Balaban J connectivity index is 2.56. The first kappa shape index (κ1) is 12.5. The van der Waals surface area contributed by atoms with Crippen LogP contribution in [0.25, 0.3) is 0 Å². The topological polar surface area (TPSA) is 0 Å². The molecule has 0 saturated heterocycles. The van der Waals surface area contributed by atoms with E-state index in [0.29, 0.717) is 5.88 Å². The minimum Gasteiger partial charge on any atom is -0.124 e. The van der Waals surface area contributed by atoms with E-state index in [4.69, 9.17) is 23.2 Å². The molecule has 0 nitrogen and oxygen atoms in total. The second kappa shape index (κ2) is 5.12. The summed E-state index contributed by atoms with van der Waals surface area (Å²) in [7, 11) is 0. The molecule has 0 bridgehead atoms. The molecule has 2 rings (SSSR count). The molecule has 2 aromatic rings. The van der Waals surface area contributed by atoms with Crippen molar-refractivity contribution in [1.82, 2.24) is 0 Å². The van der Waals surface area contributed by atoms with Gasteiger partial charge in [0, 0.05) is 5.88 Å². The smallest absolute Gasteiger partial charge is 0.108 e. The predicted octanol–water partition coefficient (Wildman–Crippen LogP) is 4.72. The van der Waals surface area contributed by atoms with Gasteiger partial charge in [-0.25, -0.2) is 0 Å². The van der Waals surface area contributed by atoms with Crippen molar-refractivity contribution in [2.75, 3.05) is 5.88 Å². The molecule has 17 heavy (non-hydrogen) atoms. The second-order valence-electron chi connectivity index (χ2n) is 4.12. The largest absolute Gasteiger partial charge is 0.124 e. The molecule has 88 valence electrons. The number of alkyl halides is 2. The highest BCUT2D eigenvalue weighted by atomic mass is 35.5. The molecular weight excluding hydrogens is 251 g/mol. The first-order valence-corrected chi connectivity index (χ1v) is 6.46. The zero-order valence-electron chi connectivity index (χ0n) is 9.66. The van der Waals surface area contributed by atoms with Crippen LogP contribution in [-0.2, 0) is 4.87 Å². The zero-order valence-corrected chi connectivity index (χ0v) is 11.2. The van der Waals surface area contributed by atoms with Gasteiger partial charge in [-0.2, -0.15) is 0 Å². The lowest BCUT2D eigenvalue weighted by molar-refractivity contribution is 0.822. The van der Waals surface area contributed by atoms with E-state index in [-0.39, 0.29) is 0 Å². The standard InChI is InChI=1S/C15H14Cl2/c1-12-7-5-6-10-14(12)15(17,11-16)13-8-3-2-4-9-13/h2-10H,11H2,1H3. The lowest BCUT2D eigenvalue weighted by Gasteiger charge is -2.27. The van der Waals surface area contributed by atoms with Gasteiger partial charge < -0.3 is 0 Å². The van der Waals surface area contributed by atoms with Gasteiger partial charge in [-0.15, -0.1) is 23.2 Å². The van der Waals surface area contributed by atoms with Crippen molar-refractivity contribution in [2.24, 2.45) is 0 Å². The third-order valence-corrected chi connectivity index (χ3v) is 4.08. The van der Waals surface area contributed by atoms with Crippen LogP contribution >= 0.6 is 23.2 Å². The van der Waals surface area contributed by atoms with Crippen LogP contribution in [-0.4, -0.2) is 5.88 Å². The van der Waals surface area contributed by atoms with Gasteiger partial charge in [0.2, 0.25) is 0 Å². The van der Waals surface area contributed by atoms with Gasteiger partial charge in [0.05, 0.1) is 0 Å². The zero-order chi connectivity index (χ0) is 12.3. The summed E-state index contributed by atoms with van der Waals surface area (Å²) in [4.78, 5) is -0.645. The predicted molar refractivity (Wildman–Crippen MR) is 75.0 cm³/mol. The summed E-state index contributed by atoms with van der Waals surface area (Å²) in [6, 6.07) is 18.1. The van der Waals surface area contributed by atoms with Crippen LogP contribution in [0, 0.1) is 6.92 Å². The lowest BCUT2D eigenvalue weighted by atomic mass is 9.89. The van der Waals surface area contributed by atoms with E-state index in [0.717, 1.165) is 16.7 Å². The fourth-order valence-corrected chi connectivity index (χ4v) is 2.66. The molecule has 0 aromatic heterocycles. The maximum Gasteiger partial charge on any atom is 0.108 e. The Morgan fingerprint density at radius 2 is 1.53 bits per heavy atom. The van der Waals surface area contributed by atoms with Crippen molar-refractivity contribution in [3.63, 3.8) is 0 Å². The van der Waals surface area contributed by atoms with Gasteiger partial charge in [-0.1, -0.05) is 54.6 Å². The molecular formula is C15H14Cl2. The van der Waals surface area contributed by atoms with E-state index in [1.165, 1.54) is 0 Å². The number of rotatable bonds is 3. The quantitative estimate of drug-likeness (QED) is 0.704. The summed E-state index contributed by atoms with van der Waals surface area (Å²) in [5.41, 5.74) is 3.26. The monoisotopic (exact) mass is 264 g/mol. The maximum atomic E-state index is 6.75. The molecule has 2 aromatic carbocycles. The number of aryl methyl sites for hydroxylation is 1. The van der Waals surface area contributed by atoms with Crippen molar-refractivity contribution in [1.29, 1.82) is 0 Å². The lowest BCUT2D eigenvalue weighted by Crippen LogP contribution is -2.23. The molecule has 2 heteroatoms. The van der Waals surface area contributed by atoms with Gasteiger partial charge >= 0.3 is 0 Å². The number of benzene rings is 2. The van der Waals surface area contributed by atoms with Crippen molar-refractivity contribution >= 4 is 23.2 Å². The summed E-state index contributed by atoms with van der Waals surface area (Å²) < 4.78 is 0. The summed E-state index contributed by atoms with van der Waals surface area (Å²) in [6.07, 6.45) is 0. The fourth-order valence-electron chi connectivity index (χ4n) is 2.02. The van der Waals surface area contributed by atoms with Crippen LogP contribution in [0.4, 0.5) is 0 Å². The normalized spacial score (nSPS) is 14.3. The molecule has 0 fully saturated rings. The van der Waals surface area contributed by atoms with Crippen molar-refractivity contribution in [3.05, 3.63) is 71.3 Å². The first-order valence-electron chi connectivity index (χ1n) is 5.55. The maximum absolute atomic E-state index is 6.75. The number of hydrogen-bond donors (Lipinski definition) is 0. The van der Waals surface area contributed by atoms with Crippen LogP contribution in [0.2, 0.25) is 0 Å². The van der Waals surface area contributed by atoms with E-state index in [1.807, 2.05) is 48.5 Å². The van der Waals surface area contributed by atoms with E-state index >= 15 is 0 Å². The first-order chi connectivity index (χ1) is 8.18. The molecule has 0 N–H and O–H groups in total. The average Bonchev–Trinajstić information content (AvgIpc) is 2.39. The summed E-state index contributed by atoms with van der Waals surface area (Å²) in [6.45, 7) is 2.06. The highest BCUT2D eigenvalue weighted by Gasteiger charge is 2.31. The fraction of sp³-hybridized carbons (Fsp3) is 0.200. The molecule has 0 heterocycles. The van der Waals surface area contributed by atoms with E-state index in [9.17, 15) is 0 Å². The molecule has 0 saturated carbocycles. The Morgan fingerprint density at radius 3 is 2.12 bits per heavy atom. The Morgan fingerprint density at radius 1 is 0.941 bits per heavy atom. The number of hydrogen-bond acceptors (Lipinski definition) is 0. The summed E-state index contributed by atoms with van der Waals surface area (Å²) in [5.74, 6) is 0.351. The molecule has 0 spiro atoms. The highest BCUT2D eigenvalue weighted by Crippen LogP contribution is 2.39. The van der Waals surface area contributed by atoms with Crippen LogP contribution in [0.5, 0.6) is 0 Å². The van der Waals surface area contributed by atoms with Crippen molar-refractivity contribution < 1.29 is 0 Å². The molecule has 0 radical (unpaired) electrons. The molecule has 0 amide bonds. The van der Waals surface area contributed by atoms with Gasteiger partial charge in [0.25, 0.3) is 0 Å². The Hall–Kier alpha value is -0.980. The molecule has 1 atom stereocenters. The SMILES string of the molecule is Cc1ccccc1C(Cl)(CCl)c1ccccc1. The summed E-state index contributed by atoms with van der Waals surface area (Å²) in [5, 5.41) is 0. The Bertz CT molecular complexity index is 493. The van der Waals surface area contributed by atoms with Crippen LogP contribution in [0.3, 0.4) is 0 Å². The highest BCUT2D eigenvalue weighted by molar-refractivity contribution is 6.32. The van der Waals surface area contributed by atoms with Crippen molar-refractivity contribution in [2.45, 2.75) is 11.8 Å². The average molecular weight is 265 g/mol. The minimum absolute atomic E-state index is 0.351. The molecule has 0 aliphatic carbocycles. The Kier molecular flexibility index (Phi) is 3.76. The van der Waals surface area contributed by atoms with Crippen LogP contribution in [0.15, 0.2) is 54.6 Å². The summed E-state index contributed by atoms with van der Waals surface area (Å²) >= 11 is 12.9. The molecule has 0 aliphatic heterocycles. The number of halogens is 2. The molecule has 1 unspecified atom stereocenters. The van der Waals surface area contributed by atoms with E-state index in [1.54, 1.807) is 0 Å². The van der Waals surface area contributed by atoms with Gasteiger partial charge in [0.15, 0.2) is 0 Å². The third kappa shape index (κ3) is 2.34. The van der Waals surface area contributed by atoms with Gasteiger partial charge in [0.1, 0.15) is 4.87 Å². The van der Waals surface area contributed by atoms with Gasteiger partial charge in [-0.05, 0) is 23.6 Å². The molecule has 0 aliphatic rings.